The van der Waals surface area contributed by atoms with E-state index in [2.05, 4.69) is 34.3 Å². The Morgan fingerprint density at radius 2 is 1.85 bits per heavy atom. The van der Waals surface area contributed by atoms with E-state index in [1.807, 2.05) is 54.8 Å². The van der Waals surface area contributed by atoms with Gasteiger partial charge in [0.25, 0.3) is 0 Å². The molecule has 9 heteroatoms. The molecular weight excluding hydrogens is 448 g/mol. The Balaban J connectivity index is 1.49. The Morgan fingerprint density at radius 1 is 1.21 bits per heavy atom. The van der Waals surface area contributed by atoms with Crippen molar-refractivity contribution in [2.45, 2.75) is 46.6 Å². The number of nitrogens with zero attached hydrogens (tertiary/aromatic N) is 4. The number of nitrogens with one attached hydrogen (secondary N) is 2. The molecule has 1 saturated heterocycles. The second-order valence-corrected chi connectivity index (χ2v) is 10.8. The van der Waals surface area contributed by atoms with E-state index in [9.17, 15) is 9.59 Å². The summed E-state index contributed by atoms with van der Waals surface area (Å²) in [6.45, 7) is 9.61. The van der Waals surface area contributed by atoms with E-state index >= 15 is 0 Å². The average Bonchev–Trinajstić information content (AvgIpc) is 3.16. The molecule has 1 aliphatic rings. The fourth-order valence-corrected chi connectivity index (χ4v) is 4.81. The lowest BCUT2D eigenvalue weighted by atomic mass is 9.91. The zero-order valence-electron chi connectivity index (χ0n) is 21.1. The van der Waals surface area contributed by atoms with E-state index in [4.69, 9.17) is 12.2 Å². The minimum absolute atomic E-state index is 0.0154. The van der Waals surface area contributed by atoms with Gasteiger partial charge in [0.2, 0.25) is 11.8 Å². The molecule has 0 unspecified atom stereocenters. The van der Waals surface area contributed by atoms with Gasteiger partial charge >= 0.3 is 0 Å². The van der Waals surface area contributed by atoms with E-state index in [0.29, 0.717) is 50.2 Å². The SMILES string of the molecule is Cc1ccc(-c2n[nH]c(=S)n2CCC(=O)N2CCC(C(=O)NCC(C)(C)CN(C)C)CC2)cc1. The van der Waals surface area contributed by atoms with E-state index in [0.717, 1.165) is 17.9 Å². The number of likely N-dealkylation sites (tertiary alicyclic amines) is 1. The standard InChI is InChI=1S/C25H38N6O2S/c1-18-6-8-19(9-7-18)22-27-28-24(34)31(22)15-12-21(32)30-13-10-20(11-14-30)23(33)26-16-25(2,3)17-29(4)5/h6-9,20H,10-17H2,1-5H3,(H,26,33)(H,28,34). The number of rotatable bonds is 9. The largest absolute Gasteiger partial charge is 0.355 e. The molecule has 2 amide bonds. The van der Waals surface area contributed by atoms with E-state index in [-0.39, 0.29) is 23.1 Å². The number of aromatic nitrogens is 3. The van der Waals surface area contributed by atoms with Crippen LogP contribution in [0.4, 0.5) is 0 Å². The second-order valence-electron chi connectivity index (χ2n) is 10.4. The quantitative estimate of drug-likeness (QED) is 0.532. The summed E-state index contributed by atoms with van der Waals surface area (Å²) < 4.78 is 2.39. The first kappa shape index (κ1) is 26.1. The van der Waals surface area contributed by atoms with Gasteiger partial charge < -0.3 is 15.1 Å². The fourth-order valence-electron chi connectivity index (χ4n) is 4.59. The number of carbonyl (C=O) groups excluding carboxylic acids is 2. The first-order valence-electron chi connectivity index (χ1n) is 12.0. The summed E-state index contributed by atoms with van der Waals surface area (Å²) in [7, 11) is 4.08. The topological polar surface area (TPSA) is 86.3 Å². The van der Waals surface area contributed by atoms with Gasteiger partial charge in [-0.15, -0.1) is 0 Å². The van der Waals surface area contributed by atoms with Crippen molar-refractivity contribution in [2.75, 3.05) is 40.3 Å². The Morgan fingerprint density at radius 3 is 2.47 bits per heavy atom. The number of aromatic amines is 1. The minimum atomic E-state index is -0.0326. The van der Waals surface area contributed by atoms with Gasteiger partial charge in [0.05, 0.1) is 0 Å². The van der Waals surface area contributed by atoms with Gasteiger partial charge in [-0.3, -0.25) is 19.3 Å². The van der Waals surface area contributed by atoms with Crippen LogP contribution in [0.1, 0.15) is 38.7 Å². The Bertz CT molecular complexity index is 1030. The predicted molar refractivity (Wildman–Crippen MR) is 137 cm³/mol. The van der Waals surface area contributed by atoms with Crippen LogP contribution in [0.15, 0.2) is 24.3 Å². The average molecular weight is 487 g/mol. The van der Waals surface area contributed by atoms with Crippen LogP contribution in [-0.2, 0) is 16.1 Å². The first-order valence-corrected chi connectivity index (χ1v) is 12.4. The van der Waals surface area contributed by atoms with Gasteiger partial charge in [-0.2, -0.15) is 5.10 Å². The third-order valence-electron chi connectivity index (χ3n) is 6.32. The smallest absolute Gasteiger partial charge is 0.224 e. The van der Waals surface area contributed by atoms with Crippen LogP contribution in [0.5, 0.6) is 0 Å². The molecular formula is C25H38N6O2S. The van der Waals surface area contributed by atoms with Crippen molar-refractivity contribution in [3.05, 3.63) is 34.6 Å². The summed E-state index contributed by atoms with van der Waals surface area (Å²) in [6.07, 6.45) is 1.75. The zero-order chi connectivity index (χ0) is 24.9. The maximum Gasteiger partial charge on any atom is 0.224 e. The number of carbonyl (C=O) groups is 2. The van der Waals surface area contributed by atoms with Gasteiger partial charge in [-0.05, 0) is 51.5 Å². The Labute approximate surface area is 207 Å². The van der Waals surface area contributed by atoms with E-state index < -0.39 is 0 Å². The molecule has 2 heterocycles. The summed E-state index contributed by atoms with van der Waals surface area (Å²) in [5.41, 5.74) is 2.15. The maximum atomic E-state index is 12.9. The van der Waals surface area contributed by atoms with Gasteiger partial charge in [0.15, 0.2) is 10.6 Å². The molecule has 1 fully saturated rings. The van der Waals surface area contributed by atoms with Crippen LogP contribution < -0.4 is 5.32 Å². The fraction of sp³-hybridized carbons (Fsp3) is 0.600. The highest BCUT2D eigenvalue weighted by Gasteiger charge is 2.28. The number of aryl methyl sites for hydroxylation is 1. The molecule has 0 saturated carbocycles. The third kappa shape index (κ3) is 6.99. The molecule has 0 bridgehead atoms. The predicted octanol–water partition coefficient (Wildman–Crippen LogP) is 3.25. The van der Waals surface area contributed by atoms with Crippen molar-refractivity contribution in [1.82, 2.24) is 29.9 Å². The molecule has 0 spiro atoms. The molecule has 2 aromatic rings. The highest BCUT2D eigenvalue weighted by Crippen LogP contribution is 2.21. The van der Waals surface area contributed by atoms with Gasteiger partial charge in [0.1, 0.15) is 0 Å². The van der Waals surface area contributed by atoms with Crippen LogP contribution in [0.25, 0.3) is 11.4 Å². The van der Waals surface area contributed by atoms with Crippen molar-refractivity contribution in [3.63, 3.8) is 0 Å². The molecule has 1 aliphatic heterocycles. The maximum absolute atomic E-state index is 12.9. The minimum Gasteiger partial charge on any atom is -0.355 e. The summed E-state index contributed by atoms with van der Waals surface area (Å²) in [4.78, 5) is 29.5. The Hall–Kier alpha value is -2.52. The summed E-state index contributed by atoms with van der Waals surface area (Å²) in [6, 6.07) is 8.09. The van der Waals surface area contributed by atoms with Crippen LogP contribution in [0.3, 0.4) is 0 Å². The molecule has 0 radical (unpaired) electrons. The van der Waals surface area contributed by atoms with Crippen molar-refractivity contribution in [2.24, 2.45) is 11.3 Å². The van der Waals surface area contributed by atoms with Crippen LogP contribution >= 0.6 is 12.2 Å². The number of H-pyrrole nitrogens is 1. The number of amides is 2. The van der Waals surface area contributed by atoms with E-state index in [1.165, 1.54) is 5.56 Å². The van der Waals surface area contributed by atoms with Crippen LogP contribution in [0.2, 0.25) is 0 Å². The zero-order valence-corrected chi connectivity index (χ0v) is 21.9. The van der Waals surface area contributed by atoms with Gasteiger partial charge in [0, 0.05) is 50.6 Å². The summed E-state index contributed by atoms with van der Waals surface area (Å²) in [5.74, 6) is 0.899. The van der Waals surface area contributed by atoms with Crippen LogP contribution in [0, 0.1) is 23.0 Å². The molecule has 1 aromatic heterocycles. The van der Waals surface area contributed by atoms with Crippen molar-refractivity contribution in [1.29, 1.82) is 0 Å². The molecule has 0 atom stereocenters. The first-order chi connectivity index (χ1) is 16.1. The molecule has 1 aromatic carbocycles. The molecule has 34 heavy (non-hydrogen) atoms. The monoisotopic (exact) mass is 486 g/mol. The molecule has 186 valence electrons. The van der Waals surface area contributed by atoms with Crippen molar-refractivity contribution >= 4 is 24.0 Å². The van der Waals surface area contributed by atoms with Gasteiger partial charge in [-0.25, -0.2) is 0 Å². The molecule has 8 nitrogen and oxygen atoms in total. The number of piperidine rings is 1. The highest BCUT2D eigenvalue weighted by molar-refractivity contribution is 7.71. The van der Waals surface area contributed by atoms with Gasteiger partial charge in [-0.1, -0.05) is 43.7 Å². The van der Waals surface area contributed by atoms with Crippen LogP contribution in [-0.4, -0.2) is 76.7 Å². The normalized spacial score (nSPS) is 15.1. The lowest BCUT2D eigenvalue weighted by molar-refractivity contribution is -0.135. The number of benzene rings is 1. The molecule has 2 N–H and O–H groups in total. The molecule has 3 rings (SSSR count). The summed E-state index contributed by atoms with van der Waals surface area (Å²) in [5, 5.41) is 10.3. The summed E-state index contributed by atoms with van der Waals surface area (Å²) >= 11 is 5.40. The van der Waals surface area contributed by atoms with Crippen molar-refractivity contribution < 1.29 is 9.59 Å². The number of hydrogen-bond acceptors (Lipinski definition) is 5. The molecule has 0 aliphatic carbocycles. The van der Waals surface area contributed by atoms with E-state index in [1.54, 1.807) is 0 Å². The highest BCUT2D eigenvalue weighted by atomic mass is 32.1. The number of hydrogen-bond donors (Lipinski definition) is 2. The second kappa shape index (κ2) is 11.3. The third-order valence-corrected chi connectivity index (χ3v) is 6.63. The Kier molecular flexibility index (Phi) is 8.65. The van der Waals surface area contributed by atoms with Crippen molar-refractivity contribution in [3.8, 4) is 11.4 Å². The lowest BCUT2D eigenvalue weighted by Crippen LogP contribution is -2.46. The lowest BCUT2D eigenvalue weighted by Gasteiger charge is -2.33.